The van der Waals surface area contributed by atoms with Crippen molar-refractivity contribution in [3.63, 3.8) is 0 Å². The molecule has 1 N–H and O–H groups in total. The first kappa shape index (κ1) is 10.5. The topological polar surface area (TPSA) is 68.8 Å². The highest BCUT2D eigenvalue weighted by atomic mass is 16.3. The molecule has 0 unspecified atom stereocenters. The van der Waals surface area contributed by atoms with E-state index in [0.29, 0.717) is 6.54 Å². The molecule has 0 aliphatic carbocycles. The molecule has 0 atom stereocenters. The fourth-order valence-electron chi connectivity index (χ4n) is 1.55. The molecule has 0 aliphatic heterocycles. The van der Waals surface area contributed by atoms with E-state index < -0.39 is 0 Å². The molecule has 3 rings (SSSR count). The third kappa shape index (κ3) is 2.22. The van der Waals surface area contributed by atoms with Crippen LogP contribution in [-0.2, 0) is 6.54 Å². The molecule has 0 bridgehead atoms. The Morgan fingerprint density at radius 3 is 2.94 bits per heavy atom. The molecule has 3 aromatic heterocycles. The van der Waals surface area contributed by atoms with Gasteiger partial charge in [-0.25, -0.2) is 14.6 Å². The first-order valence-electron chi connectivity index (χ1n) is 5.49. The summed E-state index contributed by atoms with van der Waals surface area (Å²) in [6.45, 7) is 0.586. The van der Waals surface area contributed by atoms with Crippen LogP contribution in [0.1, 0.15) is 5.76 Å². The molecule has 0 saturated carbocycles. The molecule has 0 amide bonds. The lowest BCUT2D eigenvalue weighted by Gasteiger charge is -2.05. The Morgan fingerprint density at radius 1 is 1.28 bits per heavy atom. The fraction of sp³-hybridized carbons (Fsp3) is 0.0833. The molecule has 18 heavy (non-hydrogen) atoms. The summed E-state index contributed by atoms with van der Waals surface area (Å²) in [7, 11) is 0. The standard InChI is InChI=1S/C12H11N5O/c1-4-16-17(5-1)12-3-2-10(6-15-12)14-8-11-7-13-9-18-11/h1-7,9,14H,8H2. The molecule has 0 aromatic carbocycles. The predicted molar refractivity (Wildman–Crippen MR) is 65.2 cm³/mol. The summed E-state index contributed by atoms with van der Waals surface area (Å²) in [5, 5.41) is 7.31. The lowest BCUT2D eigenvalue weighted by molar-refractivity contribution is 0.511. The molecule has 0 saturated heterocycles. The summed E-state index contributed by atoms with van der Waals surface area (Å²) in [5.41, 5.74) is 0.919. The van der Waals surface area contributed by atoms with Gasteiger partial charge in [0.1, 0.15) is 5.76 Å². The molecule has 3 heterocycles. The van der Waals surface area contributed by atoms with E-state index in [1.807, 2.05) is 24.4 Å². The van der Waals surface area contributed by atoms with Crippen molar-refractivity contribution in [2.75, 3.05) is 5.32 Å². The normalized spacial score (nSPS) is 10.4. The molecule has 6 heteroatoms. The fourth-order valence-corrected chi connectivity index (χ4v) is 1.55. The number of oxazole rings is 1. The lowest BCUT2D eigenvalue weighted by atomic mass is 10.4. The van der Waals surface area contributed by atoms with E-state index in [2.05, 4.69) is 20.4 Å². The largest absolute Gasteiger partial charge is 0.447 e. The maximum atomic E-state index is 5.13. The van der Waals surface area contributed by atoms with Crippen LogP contribution in [0.25, 0.3) is 5.82 Å². The van der Waals surface area contributed by atoms with Crippen molar-refractivity contribution in [1.29, 1.82) is 0 Å². The number of rotatable bonds is 4. The number of hydrogen-bond acceptors (Lipinski definition) is 5. The van der Waals surface area contributed by atoms with Crippen molar-refractivity contribution in [2.45, 2.75) is 6.54 Å². The summed E-state index contributed by atoms with van der Waals surface area (Å²) >= 11 is 0. The van der Waals surface area contributed by atoms with Gasteiger partial charge in [0.05, 0.1) is 24.6 Å². The molecule has 0 fully saturated rings. The Hall–Kier alpha value is -2.63. The van der Waals surface area contributed by atoms with Crippen molar-refractivity contribution < 1.29 is 4.42 Å². The van der Waals surface area contributed by atoms with Gasteiger partial charge in [-0.3, -0.25) is 0 Å². The van der Waals surface area contributed by atoms with Gasteiger partial charge in [0, 0.05) is 12.4 Å². The average molecular weight is 241 g/mol. The van der Waals surface area contributed by atoms with Gasteiger partial charge in [-0.1, -0.05) is 0 Å². The Labute approximate surface area is 103 Å². The molecule has 0 aliphatic rings. The lowest BCUT2D eigenvalue weighted by Crippen LogP contribution is -2.01. The second-order valence-electron chi connectivity index (χ2n) is 3.68. The van der Waals surface area contributed by atoms with Crippen molar-refractivity contribution in [2.24, 2.45) is 0 Å². The molecular weight excluding hydrogens is 230 g/mol. The van der Waals surface area contributed by atoms with Gasteiger partial charge in [0.2, 0.25) is 0 Å². The Morgan fingerprint density at radius 2 is 2.28 bits per heavy atom. The van der Waals surface area contributed by atoms with Gasteiger partial charge in [-0.05, 0) is 18.2 Å². The monoisotopic (exact) mass is 241 g/mol. The van der Waals surface area contributed by atoms with Crippen LogP contribution < -0.4 is 5.32 Å². The zero-order valence-electron chi connectivity index (χ0n) is 9.52. The van der Waals surface area contributed by atoms with Crippen LogP contribution in [0.4, 0.5) is 5.69 Å². The number of nitrogens with zero attached hydrogens (tertiary/aromatic N) is 4. The number of pyridine rings is 1. The Bertz CT molecular complexity index is 586. The van der Waals surface area contributed by atoms with Gasteiger partial charge in [-0.2, -0.15) is 5.10 Å². The summed E-state index contributed by atoms with van der Waals surface area (Å²) in [6, 6.07) is 5.70. The van der Waals surface area contributed by atoms with E-state index >= 15 is 0 Å². The molecule has 6 nitrogen and oxygen atoms in total. The Balaban J connectivity index is 1.68. The van der Waals surface area contributed by atoms with Gasteiger partial charge in [0.15, 0.2) is 12.2 Å². The minimum Gasteiger partial charge on any atom is -0.447 e. The molecular formula is C12H11N5O. The summed E-state index contributed by atoms with van der Waals surface area (Å²) in [5.74, 6) is 1.57. The van der Waals surface area contributed by atoms with Crippen molar-refractivity contribution in [3.8, 4) is 5.82 Å². The minimum atomic E-state index is 0.586. The van der Waals surface area contributed by atoms with Crippen LogP contribution in [0.5, 0.6) is 0 Å². The van der Waals surface area contributed by atoms with E-state index in [0.717, 1.165) is 17.3 Å². The average Bonchev–Trinajstić information content (AvgIpc) is 3.10. The second-order valence-corrected chi connectivity index (χ2v) is 3.68. The van der Waals surface area contributed by atoms with Crippen LogP contribution in [0.15, 0.2) is 53.8 Å². The van der Waals surface area contributed by atoms with Gasteiger partial charge in [-0.15, -0.1) is 0 Å². The summed E-state index contributed by atoms with van der Waals surface area (Å²) in [6.07, 6.45) is 8.42. The van der Waals surface area contributed by atoms with E-state index in [1.54, 1.807) is 23.3 Å². The number of aromatic nitrogens is 4. The highest BCUT2D eigenvalue weighted by molar-refractivity contribution is 5.43. The molecule has 90 valence electrons. The van der Waals surface area contributed by atoms with Crippen LogP contribution in [0, 0.1) is 0 Å². The van der Waals surface area contributed by atoms with Crippen LogP contribution in [0.3, 0.4) is 0 Å². The summed E-state index contributed by atoms with van der Waals surface area (Å²) < 4.78 is 6.84. The number of hydrogen-bond donors (Lipinski definition) is 1. The maximum absolute atomic E-state index is 5.13. The number of nitrogens with one attached hydrogen (secondary N) is 1. The maximum Gasteiger partial charge on any atom is 0.180 e. The van der Waals surface area contributed by atoms with Gasteiger partial charge in [0.25, 0.3) is 0 Å². The smallest absolute Gasteiger partial charge is 0.180 e. The second kappa shape index (κ2) is 4.70. The quantitative estimate of drug-likeness (QED) is 0.755. The Kier molecular flexibility index (Phi) is 2.75. The zero-order chi connectivity index (χ0) is 12.2. The third-order valence-electron chi connectivity index (χ3n) is 2.44. The van der Waals surface area contributed by atoms with E-state index in [9.17, 15) is 0 Å². The predicted octanol–water partition coefficient (Wildman–Crippen LogP) is 1.87. The van der Waals surface area contributed by atoms with Crippen molar-refractivity contribution >= 4 is 5.69 Å². The van der Waals surface area contributed by atoms with Crippen LogP contribution in [0.2, 0.25) is 0 Å². The highest BCUT2D eigenvalue weighted by Crippen LogP contribution is 2.10. The first-order chi connectivity index (χ1) is 8.92. The minimum absolute atomic E-state index is 0.586. The van der Waals surface area contributed by atoms with E-state index in [4.69, 9.17) is 4.42 Å². The summed E-state index contributed by atoms with van der Waals surface area (Å²) in [4.78, 5) is 8.16. The van der Waals surface area contributed by atoms with Crippen LogP contribution in [-0.4, -0.2) is 19.7 Å². The third-order valence-corrected chi connectivity index (χ3v) is 2.44. The highest BCUT2D eigenvalue weighted by Gasteiger charge is 1.99. The van der Waals surface area contributed by atoms with Gasteiger partial charge < -0.3 is 9.73 Å². The van der Waals surface area contributed by atoms with Crippen molar-refractivity contribution in [1.82, 2.24) is 19.7 Å². The van der Waals surface area contributed by atoms with Gasteiger partial charge >= 0.3 is 0 Å². The van der Waals surface area contributed by atoms with Crippen LogP contribution >= 0.6 is 0 Å². The zero-order valence-corrected chi connectivity index (χ0v) is 9.52. The molecule has 3 aromatic rings. The van der Waals surface area contributed by atoms with Crippen molar-refractivity contribution in [3.05, 3.63) is 55.1 Å². The first-order valence-corrected chi connectivity index (χ1v) is 5.49. The molecule has 0 radical (unpaired) electrons. The SMILES string of the molecule is c1cnn(-c2ccc(NCc3cnco3)cn2)c1. The van der Waals surface area contributed by atoms with E-state index in [-0.39, 0.29) is 0 Å². The molecule has 0 spiro atoms. The number of anilines is 1. The van der Waals surface area contributed by atoms with E-state index in [1.165, 1.54) is 6.39 Å².